The molecule has 0 amide bonds. The van der Waals surface area contributed by atoms with E-state index in [-0.39, 0.29) is 16.9 Å². The third kappa shape index (κ3) is 6.20. The molecular weight excluding hydrogens is 471 g/mol. The first kappa shape index (κ1) is 23.6. The Labute approximate surface area is 190 Å². The van der Waals surface area contributed by atoms with E-state index in [0.29, 0.717) is 5.32 Å². The minimum absolute atomic E-state index is 0.182. The standard InChI is InChI=1S/C25H30N2O2SSe/c1-20-15-17-23(18-16-20)30(28,29)26-31(19-9-12-22-10-6-5-7-11-22)25-14-8-13-24(25)21(2)27(3)4/h5-18,21,24H,19H2,1-4H3/b12-9+. The van der Waals surface area contributed by atoms with Crippen molar-refractivity contribution in [1.29, 1.82) is 0 Å². The molecule has 1 aliphatic rings. The van der Waals surface area contributed by atoms with Gasteiger partial charge >= 0.3 is 191 Å². The topological polar surface area (TPSA) is 49.7 Å². The van der Waals surface area contributed by atoms with Gasteiger partial charge in [-0.2, -0.15) is 0 Å². The third-order valence-electron chi connectivity index (χ3n) is 5.38. The molecule has 164 valence electrons. The molecule has 0 radical (unpaired) electrons. The fourth-order valence-electron chi connectivity index (χ4n) is 3.31. The summed E-state index contributed by atoms with van der Waals surface area (Å²) in [4.78, 5) is 2.44. The number of benzene rings is 2. The normalized spacial score (nSPS) is 18.6. The average molecular weight is 502 g/mol. The van der Waals surface area contributed by atoms with Crippen molar-refractivity contribution in [2.24, 2.45) is 9.29 Å². The van der Waals surface area contributed by atoms with Crippen molar-refractivity contribution in [2.45, 2.75) is 30.1 Å². The van der Waals surface area contributed by atoms with Gasteiger partial charge in [0.1, 0.15) is 0 Å². The summed E-state index contributed by atoms with van der Waals surface area (Å²) in [6.07, 6.45) is 10.4. The van der Waals surface area contributed by atoms with Gasteiger partial charge in [0.25, 0.3) is 0 Å². The molecule has 6 heteroatoms. The summed E-state index contributed by atoms with van der Waals surface area (Å²) < 4.78 is 32.0. The summed E-state index contributed by atoms with van der Waals surface area (Å²) in [6, 6.07) is 17.3. The maximum absolute atomic E-state index is 13.1. The van der Waals surface area contributed by atoms with Crippen molar-refractivity contribution in [3.63, 3.8) is 0 Å². The van der Waals surface area contributed by atoms with Crippen LogP contribution in [0, 0.1) is 12.8 Å². The number of hydrogen-bond acceptors (Lipinski definition) is 3. The van der Waals surface area contributed by atoms with Crippen LogP contribution in [0.15, 0.2) is 91.6 Å². The molecule has 1 aliphatic carbocycles. The van der Waals surface area contributed by atoms with Crippen LogP contribution < -0.4 is 0 Å². The average Bonchev–Trinajstić information content (AvgIpc) is 3.23. The zero-order chi connectivity index (χ0) is 22.4. The van der Waals surface area contributed by atoms with E-state index in [1.165, 1.54) is 0 Å². The van der Waals surface area contributed by atoms with Crippen LogP contribution >= 0.6 is 0 Å². The molecule has 3 atom stereocenters. The Kier molecular flexibility index (Phi) is 7.95. The van der Waals surface area contributed by atoms with Crippen LogP contribution in [0.5, 0.6) is 0 Å². The van der Waals surface area contributed by atoms with Crippen molar-refractivity contribution in [3.8, 4) is 0 Å². The number of rotatable bonds is 8. The first-order valence-corrected chi connectivity index (χ1v) is 14.6. The molecule has 2 aromatic rings. The van der Waals surface area contributed by atoms with Crippen molar-refractivity contribution in [3.05, 3.63) is 94.5 Å². The zero-order valence-electron chi connectivity index (χ0n) is 18.5. The second-order valence-electron chi connectivity index (χ2n) is 7.89. The van der Waals surface area contributed by atoms with Crippen LogP contribution in [0.25, 0.3) is 6.08 Å². The van der Waals surface area contributed by atoms with Gasteiger partial charge in [0.2, 0.25) is 0 Å². The van der Waals surface area contributed by atoms with Gasteiger partial charge in [0, 0.05) is 0 Å². The molecule has 0 heterocycles. The van der Waals surface area contributed by atoms with Gasteiger partial charge in [-0.15, -0.1) is 0 Å². The summed E-state index contributed by atoms with van der Waals surface area (Å²) in [5, 5.41) is 0.643. The Bertz CT molecular complexity index is 1120. The molecule has 2 aromatic carbocycles. The molecular formula is C25H30N2O2SSe. The summed E-state index contributed by atoms with van der Waals surface area (Å²) in [7, 11) is 0.395. The van der Waals surface area contributed by atoms with Gasteiger partial charge < -0.3 is 0 Å². The predicted octanol–water partition coefficient (Wildman–Crippen LogP) is 5.26. The summed E-state index contributed by atoms with van der Waals surface area (Å²) in [5.74, 6) is 0.182. The molecule has 0 spiro atoms. The van der Waals surface area contributed by atoms with Gasteiger partial charge in [-0.25, -0.2) is 0 Å². The molecule has 0 bridgehead atoms. The Morgan fingerprint density at radius 1 is 1.10 bits per heavy atom. The maximum atomic E-state index is 13.1. The molecule has 3 rings (SSSR count). The number of sulfonamides is 1. The number of hydrogen-bond donors (Lipinski definition) is 0. The molecule has 0 N–H and O–H groups in total. The Hall–Kier alpha value is -2.11. The molecule has 3 unspecified atom stereocenters. The van der Waals surface area contributed by atoms with Gasteiger partial charge in [-0.05, 0) is 0 Å². The second-order valence-corrected chi connectivity index (χ2v) is 13.6. The number of allylic oxidation sites excluding steroid dienone is 3. The van der Waals surface area contributed by atoms with Crippen LogP contribution in [-0.4, -0.2) is 47.2 Å². The van der Waals surface area contributed by atoms with E-state index in [0.717, 1.165) is 15.6 Å². The van der Waals surface area contributed by atoms with E-state index in [1.54, 1.807) is 12.1 Å². The van der Waals surface area contributed by atoms with Crippen molar-refractivity contribution in [2.75, 3.05) is 14.1 Å². The first-order chi connectivity index (χ1) is 14.8. The molecule has 0 aliphatic heterocycles. The Morgan fingerprint density at radius 2 is 1.77 bits per heavy atom. The van der Waals surface area contributed by atoms with Crippen LogP contribution in [0.4, 0.5) is 0 Å². The van der Waals surface area contributed by atoms with Gasteiger partial charge in [0.05, 0.1) is 0 Å². The van der Waals surface area contributed by atoms with E-state index in [2.05, 4.69) is 53.6 Å². The van der Waals surface area contributed by atoms with Crippen LogP contribution in [0.1, 0.15) is 18.1 Å². The first-order valence-electron chi connectivity index (χ1n) is 10.3. The molecule has 0 saturated heterocycles. The SMILES string of the molecule is Cc1ccc(S(=O)(=O)/N=[Se](\C/C=C/c2ccccc2)C2=CC=CC2C(C)N(C)C)cc1. The fourth-order valence-corrected chi connectivity index (χ4v) is 9.94. The zero-order valence-corrected chi connectivity index (χ0v) is 21.0. The Balaban J connectivity index is 1.97. The second kappa shape index (κ2) is 10.5. The van der Waals surface area contributed by atoms with E-state index in [9.17, 15) is 8.42 Å². The van der Waals surface area contributed by atoms with E-state index >= 15 is 0 Å². The van der Waals surface area contributed by atoms with E-state index in [1.807, 2.05) is 55.5 Å². The monoisotopic (exact) mass is 502 g/mol. The molecule has 31 heavy (non-hydrogen) atoms. The van der Waals surface area contributed by atoms with Gasteiger partial charge in [-0.1, -0.05) is 0 Å². The number of nitrogens with zero attached hydrogens (tertiary/aromatic N) is 2. The van der Waals surface area contributed by atoms with Crippen LogP contribution in [0.2, 0.25) is 5.32 Å². The molecule has 0 aromatic heterocycles. The molecule has 0 saturated carbocycles. The summed E-state index contributed by atoms with van der Waals surface area (Å²) in [6.45, 7) is 4.12. The minimum atomic E-state index is -3.71. The summed E-state index contributed by atoms with van der Waals surface area (Å²) >= 11 is -2.00. The van der Waals surface area contributed by atoms with Crippen LogP contribution in [0.3, 0.4) is 0 Å². The van der Waals surface area contributed by atoms with Gasteiger partial charge in [0.15, 0.2) is 0 Å². The van der Waals surface area contributed by atoms with E-state index < -0.39 is 23.7 Å². The number of aryl methyl sites for hydroxylation is 1. The molecule has 0 fully saturated rings. The van der Waals surface area contributed by atoms with Crippen molar-refractivity contribution >= 4 is 29.8 Å². The summed E-state index contributed by atoms with van der Waals surface area (Å²) in [5.41, 5.74) is 2.13. The van der Waals surface area contributed by atoms with Crippen molar-refractivity contribution in [1.82, 2.24) is 4.90 Å². The third-order valence-corrected chi connectivity index (χ3v) is 12.1. The predicted molar refractivity (Wildman–Crippen MR) is 131 cm³/mol. The van der Waals surface area contributed by atoms with Crippen molar-refractivity contribution < 1.29 is 8.42 Å². The Morgan fingerprint density at radius 3 is 2.42 bits per heavy atom. The quantitative estimate of drug-likeness (QED) is 0.464. The van der Waals surface area contributed by atoms with Gasteiger partial charge in [-0.3, -0.25) is 0 Å². The fraction of sp³-hybridized carbons (Fsp3) is 0.280. The van der Waals surface area contributed by atoms with E-state index in [4.69, 9.17) is 0 Å². The molecule has 4 nitrogen and oxygen atoms in total. The van der Waals surface area contributed by atoms with Crippen LogP contribution in [-0.2, 0) is 10.0 Å².